The Morgan fingerprint density at radius 2 is 2.03 bits per heavy atom. The quantitative estimate of drug-likeness (QED) is 0.441. The molecule has 0 aliphatic heterocycles. The number of benzene rings is 2. The zero-order chi connectivity index (χ0) is 20.9. The maximum absolute atomic E-state index is 12.7. The highest BCUT2D eigenvalue weighted by Crippen LogP contribution is 2.17. The highest BCUT2D eigenvalue weighted by atomic mass is 16.2. The van der Waals surface area contributed by atoms with E-state index in [0.29, 0.717) is 30.0 Å². The molecule has 0 saturated heterocycles. The van der Waals surface area contributed by atoms with E-state index in [-0.39, 0.29) is 17.9 Å². The molecule has 2 aromatic heterocycles. The second-order valence-corrected chi connectivity index (χ2v) is 7.01. The Morgan fingerprint density at radius 3 is 2.83 bits per heavy atom. The third-order valence-corrected chi connectivity index (χ3v) is 4.73. The Bertz CT molecular complexity index is 1130. The van der Waals surface area contributed by atoms with Gasteiger partial charge in [-0.25, -0.2) is 9.97 Å². The Balaban J connectivity index is 1.37. The first-order valence-electron chi connectivity index (χ1n) is 9.69. The van der Waals surface area contributed by atoms with E-state index in [1.54, 1.807) is 43.0 Å². The van der Waals surface area contributed by atoms with Gasteiger partial charge in [0.05, 0.1) is 23.4 Å². The Hall–Kier alpha value is -3.94. The van der Waals surface area contributed by atoms with Gasteiger partial charge in [0.15, 0.2) is 0 Å². The minimum atomic E-state index is -0.293. The number of H-pyrrole nitrogens is 1. The third kappa shape index (κ3) is 4.54. The summed E-state index contributed by atoms with van der Waals surface area (Å²) in [5.41, 5.74) is 2.82. The van der Waals surface area contributed by atoms with Crippen LogP contribution in [0.5, 0.6) is 0 Å². The topological polar surface area (TPSA) is 105 Å². The van der Waals surface area contributed by atoms with Gasteiger partial charge < -0.3 is 20.2 Å². The largest absolute Gasteiger partial charge is 0.342 e. The molecule has 0 spiro atoms. The first-order chi connectivity index (χ1) is 14.6. The van der Waals surface area contributed by atoms with Crippen molar-refractivity contribution in [1.29, 1.82) is 0 Å². The van der Waals surface area contributed by atoms with Crippen molar-refractivity contribution in [2.24, 2.45) is 0 Å². The van der Waals surface area contributed by atoms with Crippen LogP contribution in [0.25, 0.3) is 11.0 Å². The molecule has 152 valence electrons. The highest BCUT2D eigenvalue weighted by molar-refractivity contribution is 5.97. The van der Waals surface area contributed by atoms with Crippen molar-refractivity contribution in [3.8, 4) is 0 Å². The van der Waals surface area contributed by atoms with Gasteiger partial charge in [-0.2, -0.15) is 0 Å². The number of nitrogens with one attached hydrogen (secondary N) is 3. The van der Waals surface area contributed by atoms with Crippen LogP contribution in [0.4, 0.5) is 5.69 Å². The number of aromatic nitrogens is 4. The lowest BCUT2D eigenvalue weighted by Crippen LogP contribution is -2.27. The van der Waals surface area contributed by atoms with Crippen LogP contribution in [0.3, 0.4) is 0 Å². The van der Waals surface area contributed by atoms with E-state index in [1.807, 2.05) is 35.8 Å². The van der Waals surface area contributed by atoms with Gasteiger partial charge in [0.1, 0.15) is 5.82 Å². The molecule has 4 rings (SSSR count). The molecule has 0 aliphatic rings. The summed E-state index contributed by atoms with van der Waals surface area (Å²) in [6.07, 6.45) is 5.46. The monoisotopic (exact) mass is 402 g/mol. The molecule has 0 saturated carbocycles. The van der Waals surface area contributed by atoms with Crippen molar-refractivity contribution in [2.45, 2.75) is 25.9 Å². The molecule has 8 nitrogen and oxygen atoms in total. The number of carbonyl (C=O) groups is 2. The number of para-hydroxylation sites is 2. The van der Waals surface area contributed by atoms with E-state index in [9.17, 15) is 9.59 Å². The molecule has 30 heavy (non-hydrogen) atoms. The predicted octanol–water partition coefficient (Wildman–Crippen LogP) is 3.28. The molecule has 4 aromatic rings. The number of hydrogen-bond donors (Lipinski definition) is 3. The number of aryl methyl sites for hydroxylation is 1. The number of hydrogen-bond acceptors (Lipinski definition) is 4. The number of anilines is 1. The number of imidazole rings is 2. The van der Waals surface area contributed by atoms with E-state index in [2.05, 4.69) is 25.6 Å². The summed E-state index contributed by atoms with van der Waals surface area (Å²) in [6, 6.07) is 14.3. The summed E-state index contributed by atoms with van der Waals surface area (Å²) in [5, 5.41) is 5.77. The van der Waals surface area contributed by atoms with Crippen LogP contribution in [0.2, 0.25) is 0 Å². The third-order valence-electron chi connectivity index (χ3n) is 4.73. The molecule has 8 heteroatoms. The molecule has 1 unspecified atom stereocenters. The van der Waals surface area contributed by atoms with Crippen molar-refractivity contribution in [1.82, 2.24) is 24.8 Å². The summed E-state index contributed by atoms with van der Waals surface area (Å²) in [5.74, 6) is 0.322. The fourth-order valence-electron chi connectivity index (χ4n) is 3.14. The molecule has 1 atom stereocenters. The van der Waals surface area contributed by atoms with Crippen molar-refractivity contribution in [3.63, 3.8) is 0 Å². The number of amides is 2. The van der Waals surface area contributed by atoms with E-state index in [0.717, 1.165) is 11.0 Å². The molecule has 0 fully saturated rings. The van der Waals surface area contributed by atoms with Gasteiger partial charge in [-0.05, 0) is 37.3 Å². The fraction of sp³-hybridized carbons (Fsp3) is 0.182. The summed E-state index contributed by atoms with van der Waals surface area (Å²) in [4.78, 5) is 36.6. The second-order valence-electron chi connectivity index (χ2n) is 7.01. The van der Waals surface area contributed by atoms with E-state index >= 15 is 0 Å². The van der Waals surface area contributed by atoms with Crippen LogP contribution in [0.1, 0.15) is 35.6 Å². The van der Waals surface area contributed by atoms with Crippen LogP contribution >= 0.6 is 0 Å². The molecule has 2 amide bonds. The summed E-state index contributed by atoms with van der Waals surface area (Å²) in [7, 11) is 0. The average Bonchev–Trinajstić information content (AvgIpc) is 3.42. The van der Waals surface area contributed by atoms with E-state index in [4.69, 9.17) is 0 Å². The first-order valence-corrected chi connectivity index (χ1v) is 9.69. The van der Waals surface area contributed by atoms with Gasteiger partial charge in [-0.1, -0.05) is 18.2 Å². The van der Waals surface area contributed by atoms with Gasteiger partial charge in [0.2, 0.25) is 5.91 Å². The molecule has 0 bridgehead atoms. The number of carbonyl (C=O) groups excluding carboxylic acids is 2. The number of fused-ring (bicyclic) bond motifs is 1. The van der Waals surface area contributed by atoms with E-state index in [1.165, 1.54) is 0 Å². The molecule has 0 radical (unpaired) electrons. The predicted molar refractivity (Wildman–Crippen MR) is 114 cm³/mol. The molecular weight excluding hydrogens is 380 g/mol. The SMILES string of the molecule is CC(NC(=O)c1cccc(NC(=O)CCn2ccnc2)c1)c1nc2ccccc2[nH]1. The summed E-state index contributed by atoms with van der Waals surface area (Å²) < 4.78 is 1.84. The minimum Gasteiger partial charge on any atom is -0.342 e. The van der Waals surface area contributed by atoms with Crippen molar-refractivity contribution >= 4 is 28.5 Å². The molecule has 2 aromatic carbocycles. The second kappa shape index (κ2) is 8.60. The maximum Gasteiger partial charge on any atom is 0.251 e. The molecule has 3 N–H and O–H groups in total. The minimum absolute atomic E-state index is 0.128. The van der Waals surface area contributed by atoms with Gasteiger partial charge >= 0.3 is 0 Å². The zero-order valence-corrected chi connectivity index (χ0v) is 16.5. The van der Waals surface area contributed by atoms with Crippen LogP contribution in [0, 0.1) is 0 Å². The lowest BCUT2D eigenvalue weighted by Gasteiger charge is -2.12. The van der Waals surface area contributed by atoms with E-state index < -0.39 is 0 Å². The van der Waals surface area contributed by atoms with Crippen LogP contribution < -0.4 is 10.6 Å². The van der Waals surface area contributed by atoms with Crippen molar-refractivity contribution in [2.75, 3.05) is 5.32 Å². The Labute approximate surface area is 173 Å². The molecule has 2 heterocycles. The molecular formula is C22H22N6O2. The van der Waals surface area contributed by atoms with Gasteiger partial charge in [-0.3, -0.25) is 9.59 Å². The van der Waals surface area contributed by atoms with Gasteiger partial charge in [-0.15, -0.1) is 0 Å². The fourth-order valence-corrected chi connectivity index (χ4v) is 3.14. The Kier molecular flexibility index (Phi) is 5.56. The standard InChI is InChI=1S/C22H22N6O2/c1-15(21-26-18-7-2-3-8-19(18)27-21)24-22(30)16-5-4-6-17(13-16)25-20(29)9-11-28-12-10-23-14-28/h2-8,10,12-15H,9,11H2,1H3,(H,24,30)(H,25,29)(H,26,27). The average molecular weight is 402 g/mol. The van der Waals surface area contributed by atoms with Crippen LogP contribution in [0.15, 0.2) is 67.3 Å². The normalized spacial score (nSPS) is 11.9. The van der Waals surface area contributed by atoms with Crippen molar-refractivity contribution < 1.29 is 9.59 Å². The highest BCUT2D eigenvalue weighted by Gasteiger charge is 2.15. The lowest BCUT2D eigenvalue weighted by molar-refractivity contribution is -0.116. The first kappa shape index (κ1) is 19.4. The van der Waals surface area contributed by atoms with Crippen molar-refractivity contribution in [3.05, 3.63) is 78.6 Å². The summed E-state index contributed by atoms with van der Waals surface area (Å²) >= 11 is 0. The zero-order valence-electron chi connectivity index (χ0n) is 16.5. The van der Waals surface area contributed by atoms with Crippen LogP contribution in [-0.4, -0.2) is 31.3 Å². The lowest BCUT2D eigenvalue weighted by atomic mass is 10.1. The number of nitrogens with zero attached hydrogens (tertiary/aromatic N) is 3. The maximum atomic E-state index is 12.7. The van der Waals surface area contributed by atoms with Gasteiger partial charge in [0, 0.05) is 36.6 Å². The van der Waals surface area contributed by atoms with Gasteiger partial charge in [0.25, 0.3) is 5.91 Å². The number of rotatable bonds is 7. The smallest absolute Gasteiger partial charge is 0.251 e. The van der Waals surface area contributed by atoms with Crippen LogP contribution in [-0.2, 0) is 11.3 Å². The molecule has 0 aliphatic carbocycles. The number of aromatic amines is 1. The summed E-state index contributed by atoms with van der Waals surface area (Å²) in [6.45, 7) is 2.42. The Morgan fingerprint density at radius 1 is 1.17 bits per heavy atom.